The zero-order valence-electron chi connectivity index (χ0n) is 19.4. The van der Waals surface area contributed by atoms with Crippen molar-refractivity contribution in [2.75, 3.05) is 45.5 Å². The maximum Gasteiger partial charge on any atom is 0.320 e. The molecule has 12 heteroatoms. The van der Waals surface area contributed by atoms with Crippen LogP contribution in [0.2, 0.25) is 15.1 Å². The summed E-state index contributed by atoms with van der Waals surface area (Å²) in [6, 6.07) is 8.85. The molecule has 2 amide bonds. The van der Waals surface area contributed by atoms with Gasteiger partial charge in [-0.1, -0.05) is 40.9 Å². The molecule has 1 aromatic carbocycles. The molecule has 0 saturated carbocycles. The van der Waals surface area contributed by atoms with E-state index in [1.165, 1.54) is 16.8 Å². The molecule has 1 aromatic heterocycles. The number of hydrogen-bond acceptors (Lipinski definition) is 5. The van der Waals surface area contributed by atoms with Crippen molar-refractivity contribution < 1.29 is 17.9 Å². The third-order valence-electron chi connectivity index (χ3n) is 6.60. The number of likely N-dealkylation sites (tertiary alicyclic amines) is 1. The summed E-state index contributed by atoms with van der Waals surface area (Å²) in [6.45, 7) is 4.21. The Hall–Kier alpha value is -1.78. The maximum atomic E-state index is 13.4. The summed E-state index contributed by atoms with van der Waals surface area (Å²) in [5.41, 5.74) is 0.973. The van der Waals surface area contributed by atoms with E-state index < -0.39 is 10.0 Å². The van der Waals surface area contributed by atoms with Gasteiger partial charge in [-0.05, 0) is 30.7 Å². The predicted molar refractivity (Wildman–Crippen MR) is 137 cm³/mol. The molecule has 2 aliphatic heterocycles. The number of urea groups is 1. The van der Waals surface area contributed by atoms with Crippen LogP contribution in [0.5, 0.6) is 5.88 Å². The first-order valence-corrected chi connectivity index (χ1v) is 14.2. The van der Waals surface area contributed by atoms with Gasteiger partial charge in [0.15, 0.2) is 0 Å². The van der Waals surface area contributed by atoms with Gasteiger partial charge in [0.25, 0.3) is 0 Å². The topological polar surface area (TPSA) is 83.1 Å². The molecule has 8 nitrogen and oxygen atoms in total. The number of halogens is 3. The monoisotopic (exact) mass is 560 g/mol. The van der Waals surface area contributed by atoms with E-state index in [9.17, 15) is 13.2 Å². The molecular formula is C23H27Cl3N4O4S. The first-order chi connectivity index (χ1) is 16.5. The van der Waals surface area contributed by atoms with Gasteiger partial charge in [-0.15, -0.1) is 0 Å². The Morgan fingerprint density at radius 3 is 2.34 bits per heavy atom. The SMILES string of the molecule is CC(Oc1ccc(Cl)cn1)C1CN(C(=O)N2CCN(S(C)(=O)=O)CC2)CC1c1ccc(Cl)c(Cl)c1. The van der Waals surface area contributed by atoms with Crippen molar-refractivity contribution >= 4 is 50.9 Å². The number of benzene rings is 1. The smallest absolute Gasteiger partial charge is 0.320 e. The number of sulfonamides is 1. The van der Waals surface area contributed by atoms with Gasteiger partial charge < -0.3 is 14.5 Å². The van der Waals surface area contributed by atoms with Gasteiger partial charge in [0.2, 0.25) is 15.9 Å². The van der Waals surface area contributed by atoms with E-state index in [1.807, 2.05) is 24.0 Å². The Labute approximate surface area is 220 Å². The summed E-state index contributed by atoms with van der Waals surface area (Å²) in [7, 11) is -3.27. The van der Waals surface area contributed by atoms with Crippen LogP contribution in [0.25, 0.3) is 0 Å². The summed E-state index contributed by atoms with van der Waals surface area (Å²) in [5, 5.41) is 1.45. The summed E-state index contributed by atoms with van der Waals surface area (Å²) in [6.07, 6.45) is 2.46. The predicted octanol–water partition coefficient (Wildman–Crippen LogP) is 4.22. The van der Waals surface area contributed by atoms with Crippen LogP contribution in [0.15, 0.2) is 36.5 Å². The average Bonchev–Trinajstić information content (AvgIpc) is 3.27. The van der Waals surface area contributed by atoms with Crippen LogP contribution in [0.3, 0.4) is 0 Å². The van der Waals surface area contributed by atoms with Crippen molar-refractivity contribution in [2.24, 2.45) is 5.92 Å². The zero-order valence-corrected chi connectivity index (χ0v) is 22.5. The Morgan fingerprint density at radius 2 is 1.74 bits per heavy atom. The highest BCUT2D eigenvalue weighted by Crippen LogP contribution is 2.38. The fourth-order valence-electron chi connectivity index (χ4n) is 4.68. The minimum atomic E-state index is -3.27. The largest absolute Gasteiger partial charge is 0.474 e. The maximum absolute atomic E-state index is 13.4. The Bertz CT molecular complexity index is 1170. The molecule has 0 bridgehead atoms. The van der Waals surface area contributed by atoms with Crippen molar-refractivity contribution in [2.45, 2.75) is 18.9 Å². The number of piperazine rings is 1. The van der Waals surface area contributed by atoms with Gasteiger partial charge >= 0.3 is 6.03 Å². The molecule has 0 N–H and O–H groups in total. The Balaban J connectivity index is 1.52. The highest BCUT2D eigenvalue weighted by molar-refractivity contribution is 7.88. The molecule has 4 rings (SSSR count). The summed E-state index contributed by atoms with van der Waals surface area (Å²) < 4.78 is 31.2. The fraction of sp³-hybridized carbons (Fsp3) is 0.478. The fourth-order valence-corrected chi connectivity index (χ4v) is 5.92. The van der Waals surface area contributed by atoms with Crippen LogP contribution in [-0.2, 0) is 10.0 Å². The average molecular weight is 562 g/mol. The highest BCUT2D eigenvalue weighted by Gasteiger charge is 2.42. The molecule has 3 heterocycles. The lowest BCUT2D eigenvalue weighted by Gasteiger charge is -2.35. The summed E-state index contributed by atoms with van der Waals surface area (Å²) in [4.78, 5) is 21.1. The van der Waals surface area contributed by atoms with Crippen molar-refractivity contribution in [1.29, 1.82) is 0 Å². The number of carbonyl (C=O) groups excluding carboxylic acids is 1. The second-order valence-corrected chi connectivity index (χ2v) is 12.2. The second-order valence-electron chi connectivity index (χ2n) is 8.92. The molecule has 2 aromatic rings. The molecule has 0 aliphatic carbocycles. The van der Waals surface area contributed by atoms with E-state index in [1.54, 1.807) is 23.1 Å². The van der Waals surface area contributed by atoms with Gasteiger partial charge in [-0.3, -0.25) is 0 Å². The molecule has 2 saturated heterocycles. The first-order valence-electron chi connectivity index (χ1n) is 11.2. The summed E-state index contributed by atoms with van der Waals surface area (Å²) >= 11 is 18.4. The van der Waals surface area contributed by atoms with E-state index in [0.29, 0.717) is 60.2 Å². The molecule has 190 valence electrons. The number of ether oxygens (including phenoxy) is 1. The molecule has 2 fully saturated rings. The standard InChI is InChI=1S/C23H27Cl3N4O4S/c1-15(34-22-6-4-17(24)12-27-22)18-13-29(14-19(18)16-3-5-20(25)21(26)11-16)23(31)28-7-9-30(10-8-28)35(2,32)33/h3-6,11-12,15,18-19H,7-10,13-14H2,1-2H3. The van der Waals surface area contributed by atoms with Gasteiger partial charge in [0.05, 0.1) is 21.3 Å². The molecule has 35 heavy (non-hydrogen) atoms. The number of carbonyl (C=O) groups is 1. The van der Waals surface area contributed by atoms with Crippen LogP contribution in [0.4, 0.5) is 4.79 Å². The van der Waals surface area contributed by atoms with E-state index in [4.69, 9.17) is 39.5 Å². The minimum absolute atomic E-state index is 0.0340. The quantitative estimate of drug-likeness (QED) is 0.546. The summed E-state index contributed by atoms with van der Waals surface area (Å²) in [5.74, 6) is 0.385. The Morgan fingerprint density at radius 1 is 1.03 bits per heavy atom. The normalized spacial score (nSPS) is 22.3. The minimum Gasteiger partial charge on any atom is -0.474 e. The molecular weight excluding hydrogens is 535 g/mol. The lowest BCUT2D eigenvalue weighted by molar-refractivity contribution is 0.126. The Kier molecular flexibility index (Phi) is 8.02. The van der Waals surface area contributed by atoms with Crippen molar-refractivity contribution in [3.8, 4) is 5.88 Å². The molecule has 3 unspecified atom stereocenters. The van der Waals surface area contributed by atoms with Gasteiger partial charge in [0.1, 0.15) is 6.10 Å². The van der Waals surface area contributed by atoms with Crippen LogP contribution in [0, 0.1) is 5.92 Å². The number of amides is 2. The molecule has 0 radical (unpaired) electrons. The van der Waals surface area contributed by atoms with Gasteiger partial charge in [-0.25, -0.2) is 18.2 Å². The van der Waals surface area contributed by atoms with E-state index in [0.717, 1.165) is 5.56 Å². The number of aromatic nitrogens is 1. The molecule has 3 atom stereocenters. The lowest BCUT2D eigenvalue weighted by Crippen LogP contribution is -2.53. The van der Waals surface area contributed by atoms with Gasteiger partial charge in [0, 0.05) is 63.4 Å². The molecule has 2 aliphatic rings. The van der Waals surface area contributed by atoms with Gasteiger partial charge in [-0.2, -0.15) is 4.31 Å². The van der Waals surface area contributed by atoms with E-state index in [-0.39, 0.29) is 24.0 Å². The molecule has 0 spiro atoms. The second kappa shape index (κ2) is 10.7. The van der Waals surface area contributed by atoms with Crippen LogP contribution < -0.4 is 4.74 Å². The zero-order chi connectivity index (χ0) is 25.3. The van der Waals surface area contributed by atoms with Crippen molar-refractivity contribution in [3.05, 3.63) is 57.2 Å². The number of hydrogen-bond donors (Lipinski definition) is 0. The van der Waals surface area contributed by atoms with Crippen LogP contribution in [-0.4, -0.2) is 85.2 Å². The first kappa shape index (κ1) is 26.3. The highest BCUT2D eigenvalue weighted by atomic mass is 35.5. The number of pyridine rings is 1. The third-order valence-corrected chi connectivity index (χ3v) is 8.86. The van der Waals surface area contributed by atoms with E-state index in [2.05, 4.69) is 4.98 Å². The van der Waals surface area contributed by atoms with Crippen LogP contribution >= 0.6 is 34.8 Å². The van der Waals surface area contributed by atoms with Crippen LogP contribution in [0.1, 0.15) is 18.4 Å². The number of rotatable bonds is 5. The number of nitrogens with zero attached hydrogens (tertiary/aromatic N) is 4. The van der Waals surface area contributed by atoms with Crippen molar-refractivity contribution in [1.82, 2.24) is 19.1 Å². The third kappa shape index (κ3) is 6.14. The van der Waals surface area contributed by atoms with E-state index >= 15 is 0 Å². The lowest BCUT2D eigenvalue weighted by atomic mass is 9.86. The van der Waals surface area contributed by atoms with Crippen molar-refractivity contribution in [3.63, 3.8) is 0 Å².